The molecule has 136 valence electrons. The minimum absolute atomic E-state index is 0.166. The molecule has 1 heterocycles. The molecule has 0 atom stereocenters. The largest absolute Gasteiger partial charge is 0.396 e. The first-order valence-corrected chi connectivity index (χ1v) is 8.80. The Morgan fingerprint density at radius 2 is 1.75 bits per heavy atom. The number of H-pyrrole nitrogens is 1. The Balaban J connectivity index is 2.11. The molecular formula is C17H30N4O3. The van der Waals surface area contributed by atoms with Crippen LogP contribution in [0.3, 0.4) is 0 Å². The Labute approximate surface area is 143 Å². The van der Waals surface area contributed by atoms with Crippen molar-refractivity contribution < 1.29 is 14.7 Å². The highest BCUT2D eigenvalue weighted by atomic mass is 16.3. The SMILES string of the molecule is CN(CCCCCCCCCCCO)C(=O)c1[nH]cnc1NC=O. The molecule has 0 aliphatic heterocycles. The number of hydrogen-bond acceptors (Lipinski definition) is 4. The maximum atomic E-state index is 12.3. The normalized spacial score (nSPS) is 10.6. The number of carbonyl (C=O) groups is 2. The highest BCUT2D eigenvalue weighted by Crippen LogP contribution is 2.13. The average molecular weight is 338 g/mol. The van der Waals surface area contributed by atoms with Crippen LogP contribution in [0.5, 0.6) is 0 Å². The predicted molar refractivity (Wildman–Crippen MR) is 93.9 cm³/mol. The van der Waals surface area contributed by atoms with Gasteiger partial charge in [-0.05, 0) is 12.8 Å². The molecule has 0 bridgehead atoms. The van der Waals surface area contributed by atoms with Crippen LogP contribution in [0, 0.1) is 0 Å². The van der Waals surface area contributed by atoms with E-state index in [-0.39, 0.29) is 11.7 Å². The van der Waals surface area contributed by atoms with Crippen LogP contribution in [0.2, 0.25) is 0 Å². The number of aliphatic hydroxyl groups excluding tert-OH is 1. The molecule has 0 aliphatic rings. The number of aromatic nitrogens is 2. The van der Waals surface area contributed by atoms with Crippen LogP contribution in [-0.4, -0.2) is 52.5 Å². The van der Waals surface area contributed by atoms with E-state index in [1.54, 1.807) is 11.9 Å². The van der Waals surface area contributed by atoms with Gasteiger partial charge in [0.2, 0.25) is 6.41 Å². The van der Waals surface area contributed by atoms with E-state index in [9.17, 15) is 9.59 Å². The minimum atomic E-state index is -0.166. The monoisotopic (exact) mass is 338 g/mol. The van der Waals surface area contributed by atoms with Crippen molar-refractivity contribution >= 4 is 18.1 Å². The third kappa shape index (κ3) is 7.59. The zero-order chi connectivity index (χ0) is 17.6. The zero-order valence-corrected chi connectivity index (χ0v) is 14.6. The summed E-state index contributed by atoms with van der Waals surface area (Å²) in [4.78, 5) is 31.1. The van der Waals surface area contributed by atoms with Gasteiger partial charge in [-0.1, -0.05) is 44.9 Å². The van der Waals surface area contributed by atoms with Crippen molar-refractivity contribution in [2.24, 2.45) is 0 Å². The molecule has 0 fully saturated rings. The molecule has 0 aliphatic carbocycles. The topological polar surface area (TPSA) is 98.3 Å². The van der Waals surface area contributed by atoms with E-state index in [2.05, 4.69) is 15.3 Å². The number of aliphatic hydroxyl groups is 1. The summed E-state index contributed by atoms with van der Waals surface area (Å²) in [6, 6.07) is 0. The van der Waals surface area contributed by atoms with Crippen LogP contribution >= 0.6 is 0 Å². The van der Waals surface area contributed by atoms with Gasteiger partial charge in [-0.25, -0.2) is 4.98 Å². The van der Waals surface area contributed by atoms with Crippen LogP contribution < -0.4 is 5.32 Å². The maximum absolute atomic E-state index is 12.3. The van der Waals surface area contributed by atoms with Crippen molar-refractivity contribution in [1.29, 1.82) is 0 Å². The molecule has 1 aromatic rings. The van der Waals surface area contributed by atoms with Crippen LogP contribution in [0.1, 0.15) is 68.3 Å². The third-order valence-electron chi connectivity index (χ3n) is 4.05. The number of rotatable bonds is 14. The van der Waals surface area contributed by atoms with E-state index in [4.69, 9.17) is 5.11 Å². The second-order valence-electron chi connectivity index (χ2n) is 6.02. The van der Waals surface area contributed by atoms with Gasteiger partial charge in [0.15, 0.2) is 5.82 Å². The molecule has 0 aromatic carbocycles. The lowest BCUT2D eigenvalue weighted by Crippen LogP contribution is -2.28. The molecule has 7 heteroatoms. The molecule has 0 radical (unpaired) electrons. The molecule has 0 unspecified atom stereocenters. The summed E-state index contributed by atoms with van der Waals surface area (Å²) in [6.07, 6.45) is 12.1. The lowest BCUT2D eigenvalue weighted by Gasteiger charge is -2.16. The first kappa shape index (κ1) is 20.2. The first-order valence-electron chi connectivity index (χ1n) is 8.80. The van der Waals surface area contributed by atoms with Crippen molar-refractivity contribution in [2.45, 2.75) is 57.8 Å². The summed E-state index contributed by atoms with van der Waals surface area (Å²) in [6.45, 7) is 0.992. The third-order valence-corrected chi connectivity index (χ3v) is 4.05. The van der Waals surface area contributed by atoms with Crippen LogP contribution in [0.25, 0.3) is 0 Å². The van der Waals surface area contributed by atoms with Crippen LogP contribution in [0.15, 0.2) is 6.33 Å². The van der Waals surface area contributed by atoms with Gasteiger partial charge in [0.25, 0.3) is 5.91 Å². The fourth-order valence-electron chi connectivity index (χ4n) is 2.61. The minimum Gasteiger partial charge on any atom is -0.396 e. The van der Waals surface area contributed by atoms with Gasteiger partial charge < -0.3 is 20.3 Å². The smallest absolute Gasteiger partial charge is 0.273 e. The molecule has 2 amide bonds. The van der Waals surface area contributed by atoms with Crippen molar-refractivity contribution in [3.63, 3.8) is 0 Å². The number of hydrogen-bond donors (Lipinski definition) is 3. The lowest BCUT2D eigenvalue weighted by atomic mass is 10.1. The second kappa shape index (κ2) is 12.5. The Bertz CT molecular complexity index is 476. The van der Waals surface area contributed by atoms with E-state index < -0.39 is 0 Å². The quantitative estimate of drug-likeness (QED) is 0.359. The van der Waals surface area contributed by atoms with Crippen molar-refractivity contribution in [3.8, 4) is 0 Å². The number of carbonyl (C=O) groups excluding carboxylic acids is 2. The number of nitrogens with one attached hydrogen (secondary N) is 2. The van der Waals surface area contributed by atoms with Crippen molar-refractivity contribution in [1.82, 2.24) is 14.9 Å². The number of amides is 2. The van der Waals surface area contributed by atoms with Crippen molar-refractivity contribution in [3.05, 3.63) is 12.0 Å². The van der Waals surface area contributed by atoms with E-state index >= 15 is 0 Å². The van der Waals surface area contributed by atoms with E-state index in [1.807, 2.05) is 0 Å². The number of imidazole rings is 1. The average Bonchev–Trinajstić information content (AvgIpc) is 3.04. The molecule has 0 spiro atoms. The Morgan fingerprint density at radius 1 is 1.17 bits per heavy atom. The van der Waals surface area contributed by atoms with Gasteiger partial charge in [0.05, 0.1) is 6.33 Å². The second-order valence-corrected chi connectivity index (χ2v) is 6.02. The molecular weight excluding hydrogens is 308 g/mol. The van der Waals surface area contributed by atoms with Gasteiger partial charge in [0.1, 0.15) is 5.69 Å². The zero-order valence-electron chi connectivity index (χ0n) is 14.6. The Kier molecular flexibility index (Phi) is 10.5. The van der Waals surface area contributed by atoms with Crippen molar-refractivity contribution in [2.75, 3.05) is 25.5 Å². The highest BCUT2D eigenvalue weighted by molar-refractivity contribution is 5.98. The van der Waals surface area contributed by atoms with E-state index in [0.29, 0.717) is 25.3 Å². The molecule has 0 saturated carbocycles. The first-order chi connectivity index (χ1) is 11.7. The van der Waals surface area contributed by atoms with E-state index in [0.717, 1.165) is 25.7 Å². The number of aromatic amines is 1. The molecule has 1 aromatic heterocycles. The fourth-order valence-corrected chi connectivity index (χ4v) is 2.61. The van der Waals surface area contributed by atoms with E-state index in [1.165, 1.54) is 38.4 Å². The number of unbranched alkanes of at least 4 members (excludes halogenated alkanes) is 8. The lowest BCUT2D eigenvalue weighted by molar-refractivity contribution is -0.105. The number of anilines is 1. The van der Waals surface area contributed by atoms with Gasteiger partial charge in [0, 0.05) is 20.2 Å². The molecule has 3 N–H and O–H groups in total. The summed E-state index contributed by atoms with van der Waals surface area (Å²) < 4.78 is 0. The Morgan fingerprint density at radius 3 is 2.33 bits per heavy atom. The number of nitrogens with zero attached hydrogens (tertiary/aromatic N) is 2. The summed E-state index contributed by atoms with van der Waals surface area (Å²) in [5.41, 5.74) is 0.312. The van der Waals surface area contributed by atoms with Gasteiger partial charge >= 0.3 is 0 Å². The molecule has 7 nitrogen and oxygen atoms in total. The Hall–Kier alpha value is -1.89. The maximum Gasteiger partial charge on any atom is 0.273 e. The summed E-state index contributed by atoms with van der Waals surface area (Å²) in [7, 11) is 1.76. The summed E-state index contributed by atoms with van der Waals surface area (Å²) in [5.74, 6) is 0.101. The summed E-state index contributed by atoms with van der Waals surface area (Å²) in [5, 5.41) is 11.1. The standard InChI is InChI=1S/C17H30N4O3/c1-21(17(24)15-16(20-14-23)19-13-18-15)11-9-7-5-3-2-4-6-8-10-12-22/h13-14,22H,2-12H2,1H3,(H,18,19)(H,20,23). The molecule has 1 rings (SSSR count). The molecule has 0 saturated heterocycles. The van der Waals surface area contributed by atoms with Crippen LogP contribution in [0.4, 0.5) is 5.82 Å². The van der Waals surface area contributed by atoms with Crippen LogP contribution in [-0.2, 0) is 4.79 Å². The highest BCUT2D eigenvalue weighted by Gasteiger charge is 2.17. The fraction of sp³-hybridized carbons (Fsp3) is 0.706. The summed E-state index contributed by atoms with van der Waals surface area (Å²) >= 11 is 0. The van der Waals surface area contributed by atoms with Gasteiger partial charge in [-0.15, -0.1) is 0 Å². The van der Waals surface area contributed by atoms with Gasteiger partial charge in [-0.2, -0.15) is 0 Å². The predicted octanol–water partition coefficient (Wildman–Crippen LogP) is 2.55. The van der Waals surface area contributed by atoms with Gasteiger partial charge in [-0.3, -0.25) is 9.59 Å². The molecule has 24 heavy (non-hydrogen) atoms.